The van der Waals surface area contributed by atoms with Crippen LogP contribution < -0.4 is 4.90 Å². The van der Waals surface area contributed by atoms with Crippen LogP contribution in [-0.2, 0) is 16.0 Å². The van der Waals surface area contributed by atoms with Gasteiger partial charge in [0, 0.05) is 30.4 Å². The molecule has 0 spiro atoms. The van der Waals surface area contributed by atoms with Gasteiger partial charge in [-0.1, -0.05) is 30.0 Å². The van der Waals surface area contributed by atoms with Crippen molar-refractivity contribution < 1.29 is 19.1 Å². The number of fused-ring (bicyclic) bond motifs is 1. The van der Waals surface area contributed by atoms with E-state index >= 15 is 0 Å². The smallest absolute Gasteiger partial charge is 0.357 e. The molecule has 0 N–H and O–H groups in total. The Morgan fingerprint density at radius 3 is 2.56 bits per heavy atom. The number of carbonyl (C=O) groups excluding carboxylic acids is 3. The minimum absolute atomic E-state index is 0.0234. The summed E-state index contributed by atoms with van der Waals surface area (Å²) < 4.78 is 7.25. The molecule has 164 valence electrons. The van der Waals surface area contributed by atoms with E-state index in [4.69, 9.17) is 4.74 Å². The van der Waals surface area contributed by atoms with E-state index in [2.05, 4.69) is 4.98 Å². The molecule has 0 saturated carbocycles. The number of Topliss-reactive ketones (excluding diaryl/α,β-unsaturated/α-hetero) is 1. The quantitative estimate of drug-likeness (QED) is 0.322. The highest BCUT2D eigenvalue weighted by molar-refractivity contribution is 7.98. The molecule has 4 rings (SSSR count). The fourth-order valence-electron chi connectivity index (χ4n) is 3.84. The van der Waals surface area contributed by atoms with Crippen molar-refractivity contribution >= 4 is 35.1 Å². The van der Waals surface area contributed by atoms with Crippen LogP contribution >= 0.6 is 11.8 Å². The number of imidazole rings is 1. The highest BCUT2D eigenvalue weighted by atomic mass is 32.2. The van der Waals surface area contributed by atoms with Crippen molar-refractivity contribution in [1.29, 1.82) is 0 Å². The lowest BCUT2D eigenvalue weighted by Crippen LogP contribution is -2.26. The fourth-order valence-corrected chi connectivity index (χ4v) is 4.39. The molecule has 1 amide bonds. The van der Waals surface area contributed by atoms with E-state index in [-0.39, 0.29) is 17.4 Å². The van der Waals surface area contributed by atoms with Gasteiger partial charge in [-0.15, -0.1) is 0 Å². The van der Waals surface area contributed by atoms with Gasteiger partial charge in [-0.3, -0.25) is 14.2 Å². The van der Waals surface area contributed by atoms with E-state index in [1.807, 2.05) is 36.6 Å². The van der Waals surface area contributed by atoms with Crippen LogP contribution in [0.25, 0.3) is 5.69 Å². The molecule has 7 nitrogen and oxygen atoms in total. The van der Waals surface area contributed by atoms with Gasteiger partial charge in [0.05, 0.1) is 6.20 Å². The summed E-state index contributed by atoms with van der Waals surface area (Å²) in [5.74, 6) is -0.936. The van der Waals surface area contributed by atoms with Gasteiger partial charge in [0.2, 0.25) is 11.7 Å². The fraction of sp³-hybridized carbons (Fsp3) is 0.250. The van der Waals surface area contributed by atoms with Crippen molar-refractivity contribution in [2.75, 3.05) is 17.7 Å². The summed E-state index contributed by atoms with van der Waals surface area (Å²) in [6.45, 7) is 3.69. The maximum atomic E-state index is 13.0. The van der Waals surface area contributed by atoms with E-state index in [1.165, 1.54) is 24.9 Å². The number of hydrogen-bond donors (Lipinski definition) is 0. The summed E-state index contributed by atoms with van der Waals surface area (Å²) in [5.41, 5.74) is 3.27. The lowest BCUT2D eigenvalue weighted by Gasteiger charge is -2.16. The zero-order valence-corrected chi connectivity index (χ0v) is 18.9. The highest BCUT2D eigenvalue weighted by Gasteiger charge is 2.27. The summed E-state index contributed by atoms with van der Waals surface area (Å²) in [7, 11) is 0. The number of para-hydroxylation sites is 1. The van der Waals surface area contributed by atoms with Crippen molar-refractivity contribution in [2.45, 2.75) is 31.5 Å². The molecule has 0 radical (unpaired) electrons. The predicted molar refractivity (Wildman–Crippen MR) is 123 cm³/mol. The van der Waals surface area contributed by atoms with Crippen LogP contribution in [0.4, 0.5) is 5.69 Å². The van der Waals surface area contributed by atoms with Crippen molar-refractivity contribution in [3.05, 3.63) is 71.5 Å². The standard InChI is InChI=1S/C24H23N3O4S/c1-15(22(29)18-9-10-20-17(13-18)11-12-26(20)16(2)28)31-23(30)21-14-25-24(32-3)27(21)19-7-5-4-6-8-19/h4-10,13-15H,11-12H2,1-3H3. The van der Waals surface area contributed by atoms with E-state index in [0.717, 1.165) is 16.9 Å². The molecule has 8 heteroatoms. The number of hydrogen-bond acceptors (Lipinski definition) is 6. The number of aromatic nitrogens is 2. The number of amides is 1. The van der Waals surface area contributed by atoms with Crippen molar-refractivity contribution in [1.82, 2.24) is 9.55 Å². The average Bonchev–Trinajstić information content (AvgIpc) is 3.42. The number of ether oxygens (including phenoxy) is 1. The minimum Gasteiger partial charge on any atom is -0.450 e. The normalized spacial score (nSPS) is 13.5. The zero-order valence-electron chi connectivity index (χ0n) is 18.1. The first-order valence-corrected chi connectivity index (χ1v) is 11.5. The largest absolute Gasteiger partial charge is 0.450 e. The van der Waals surface area contributed by atoms with E-state index in [9.17, 15) is 14.4 Å². The molecule has 1 unspecified atom stereocenters. The van der Waals surface area contributed by atoms with Crippen LogP contribution in [0.1, 0.15) is 40.3 Å². The Hall–Kier alpha value is -3.39. The zero-order chi connectivity index (χ0) is 22.8. The lowest BCUT2D eigenvalue weighted by atomic mass is 10.0. The number of thioether (sulfide) groups is 1. The molecular formula is C24H23N3O4S. The van der Waals surface area contributed by atoms with E-state index in [0.29, 0.717) is 23.7 Å². The SMILES string of the molecule is CSc1ncc(C(=O)OC(C)C(=O)c2ccc3c(c2)CCN3C(C)=O)n1-c1ccccc1. The molecule has 2 heterocycles. The van der Waals surface area contributed by atoms with Gasteiger partial charge in [-0.2, -0.15) is 0 Å². The van der Waals surface area contributed by atoms with Crippen LogP contribution in [0, 0.1) is 0 Å². The highest BCUT2D eigenvalue weighted by Crippen LogP contribution is 2.29. The topological polar surface area (TPSA) is 81.5 Å². The minimum atomic E-state index is -0.970. The molecule has 1 aromatic heterocycles. The number of ketones is 1. The van der Waals surface area contributed by atoms with Gasteiger partial charge >= 0.3 is 5.97 Å². The van der Waals surface area contributed by atoms with Gasteiger partial charge in [-0.25, -0.2) is 9.78 Å². The molecule has 3 aromatic rings. The Morgan fingerprint density at radius 1 is 1.12 bits per heavy atom. The van der Waals surface area contributed by atoms with Crippen LogP contribution in [0.5, 0.6) is 0 Å². The number of carbonyl (C=O) groups is 3. The summed E-state index contributed by atoms with van der Waals surface area (Å²) in [6.07, 6.45) is 3.06. The second-order valence-electron chi connectivity index (χ2n) is 7.48. The molecule has 0 aliphatic carbocycles. The Labute approximate surface area is 190 Å². The first-order valence-electron chi connectivity index (χ1n) is 10.2. The molecule has 1 atom stereocenters. The van der Waals surface area contributed by atoms with Crippen LogP contribution in [0.2, 0.25) is 0 Å². The Bertz CT molecular complexity index is 1190. The van der Waals surface area contributed by atoms with Crippen molar-refractivity contribution in [3.63, 3.8) is 0 Å². The van der Waals surface area contributed by atoms with Crippen LogP contribution in [-0.4, -0.2) is 46.1 Å². The Kier molecular flexibility index (Phi) is 6.14. The maximum absolute atomic E-state index is 13.0. The number of anilines is 1. The molecule has 0 bridgehead atoms. The number of benzene rings is 2. The second kappa shape index (κ2) is 9.00. The number of rotatable bonds is 6. The second-order valence-corrected chi connectivity index (χ2v) is 8.25. The maximum Gasteiger partial charge on any atom is 0.357 e. The monoisotopic (exact) mass is 449 g/mol. The first kappa shape index (κ1) is 21.8. The molecule has 32 heavy (non-hydrogen) atoms. The van der Waals surface area contributed by atoms with Gasteiger partial charge in [0.15, 0.2) is 17.0 Å². The van der Waals surface area contributed by atoms with Gasteiger partial charge < -0.3 is 9.64 Å². The third-order valence-corrected chi connectivity index (χ3v) is 6.08. The van der Waals surface area contributed by atoms with Gasteiger partial charge in [0.1, 0.15) is 0 Å². The molecular weight excluding hydrogens is 426 g/mol. The van der Waals surface area contributed by atoms with Gasteiger partial charge in [0.25, 0.3) is 0 Å². The first-order chi connectivity index (χ1) is 15.4. The summed E-state index contributed by atoms with van der Waals surface area (Å²) in [6, 6.07) is 14.6. The average molecular weight is 450 g/mol. The summed E-state index contributed by atoms with van der Waals surface area (Å²) >= 11 is 1.41. The summed E-state index contributed by atoms with van der Waals surface area (Å²) in [5, 5.41) is 0.649. The summed E-state index contributed by atoms with van der Waals surface area (Å²) in [4.78, 5) is 43.6. The third kappa shape index (κ3) is 4.05. The Morgan fingerprint density at radius 2 is 1.88 bits per heavy atom. The van der Waals surface area contributed by atoms with E-state index < -0.39 is 12.1 Å². The van der Waals surface area contributed by atoms with Crippen LogP contribution in [0.3, 0.4) is 0 Å². The third-order valence-electron chi connectivity index (χ3n) is 5.43. The van der Waals surface area contributed by atoms with Crippen molar-refractivity contribution in [3.8, 4) is 5.69 Å². The molecule has 1 aliphatic heterocycles. The Balaban J connectivity index is 1.53. The van der Waals surface area contributed by atoms with Gasteiger partial charge in [-0.05, 0) is 55.5 Å². The molecule has 0 saturated heterocycles. The van der Waals surface area contributed by atoms with Crippen LogP contribution in [0.15, 0.2) is 59.9 Å². The van der Waals surface area contributed by atoms with Crippen molar-refractivity contribution in [2.24, 2.45) is 0 Å². The lowest BCUT2D eigenvalue weighted by molar-refractivity contribution is -0.116. The van der Waals surface area contributed by atoms with E-state index in [1.54, 1.807) is 34.6 Å². The molecule has 1 aliphatic rings. The number of nitrogens with zero attached hydrogens (tertiary/aromatic N) is 3. The molecule has 2 aromatic carbocycles. The predicted octanol–water partition coefficient (Wildman–Crippen LogP) is 3.93. The molecule has 0 fully saturated rings. The number of esters is 1.